The van der Waals surface area contributed by atoms with Crippen molar-refractivity contribution in [2.24, 2.45) is 0 Å². The molecule has 0 aliphatic rings. The van der Waals surface area contributed by atoms with Gasteiger partial charge in [0.1, 0.15) is 19.8 Å². The summed E-state index contributed by atoms with van der Waals surface area (Å²) in [5.41, 5.74) is 0. The molecule has 2 atom stereocenters. The van der Waals surface area contributed by atoms with E-state index < -0.39 is 26.5 Å². The van der Waals surface area contributed by atoms with Crippen LogP contribution in [0.15, 0.2) is 0 Å². The lowest BCUT2D eigenvalue weighted by atomic mass is 10.0. The lowest BCUT2D eigenvalue weighted by molar-refractivity contribution is -0.870. The maximum Gasteiger partial charge on any atom is 0.472 e. The Balaban J connectivity index is 3.85. The highest BCUT2D eigenvalue weighted by Gasteiger charge is 2.27. The fourth-order valence-electron chi connectivity index (χ4n) is 13.6. The van der Waals surface area contributed by atoms with Crippen molar-refractivity contribution in [3.8, 4) is 0 Å². The van der Waals surface area contributed by atoms with Gasteiger partial charge in [-0.25, -0.2) is 4.57 Å². The summed E-state index contributed by atoms with van der Waals surface area (Å²) < 4.78 is 34.9. The zero-order chi connectivity index (χ0) is 68.3. The lowest BCUT2D eigenvalue weighted by Gasteiger charge is -2.24. The van der Waals surface area contributed by atoms with Crippen LogP contribution in [-0.4, -0.2) is 74.9 Å². The van der Waals surface area contributed by atoms with E-state index >= 15 is 0 Å². The van der Waals surface area contributed by atoms with E-state index in [-0.39, 0.29) is 25.6 Å². The van der Waals surface area contributed by atoms with Crippen molar-refractivity contribution in [1.82, 2.24) is 0 Å². The van der Waals surface area contributed by atoms with Gasteiger partial charge >= 0.3 is 19.8 Å². The van der Waals surface area contributed by atoms with Crippen LogP contribution in [-0.2, 0) is 32.7 Å². The number of unbranched alkanes of at least 4 members (excludes halogenated alkanes) is 68. The molecule has 0 aromatic carbocycles. The molecular formula is C84H169NO8P+. The van der Waals surface area contributed by atoms with Crippen molar-refractivity contribution in [3.63, 3.8) is 0 Å². The van der Waals surface area contributed by atoms with Crippen molar-refractivity contribution in [3.05, 3.63) is 0 Å². The second-order valence-corrected chi connectivity index (χ2v) is 32.4. The van der Waals surface area contributed by atoms with Crippen molar-refractivity contribution >= 4 is 19.8 Å². The van der Waals surface area contributed by atoms with Crippen LogP contribution in [0.25, 0.3) is 0 Å². The molecule has 0 aliphatic heterocycles. The zero-order valence-electron chi connectivity index (χ0n) is 64.5. The minimum atomic E-state index is -4.39. The van der Waals surface area contributed by atoms with E-state index in [0.717, 1.165) is 38.5 Å². The number of nitrogens with zero attached hydrogens (tertiary/aromatic N) is 1. The third-order valence-electron chi connectivity index (χ3n) is 20.1. The molecule has 0 radical (unpaired) electrons. The van der Waals surface area contributed by atoms with E-state index in [9.17, 15) is 19.0 Å². The predicted molar refractivity (Wildman–Crippen MR) is 409 cm³/mol. The van der Waals surface area contributed by atoms with Crippen LogP contribution < -0.4 is 0 Å². The summed E-state index contributed by atoms with van der Waals surface area (Å²) in [5, 5.41) is 0. The number of hydrogen-bond donors (Lipinski definition) is 1. The van der Waals surface area contributed by atoms with Gasteiger partial charge in [0, 0.05) is 12.8 Å². The summed E-state index contributed by atoms with van der Waals surface area (Å²) in [7, 11) is 1.51. The molecule has 0 heterocycles. The Morgan fingerprint density at radius 3 is 0.681 bits per heavy atom. The number of likely N-dealkylation sites (N-methyl/N-ethyl adjacent to an activating group) is 1. The first-order valence-corrected chi connectivity index (χ1v) is 44.3. The number of esters is 2. The van der Waals surface area contributed by atoms with Crippen LogP contribution in [0.2, 0.25) is 0 Å². The number of hydrogen-bond acceptors (Lipinski definition) is 7. The van der Waals surface area contributed by atoms with Crippen LogP contribution in [0.1, 0.15) is 476 Å². The van der Waals surface area contributed by atoms with E-state index in [1.54, 1.807) is 0 Å². The van der Waals surface area contributed by atoms with Crippen LogP contribution >= 0.6 is 7.82 Å². The van der Waals surface area contributed by atoms with Crippen molar-refractivity contribution in [2.75, 3.05) is 47.5 Å². The average Bonchev–Trinajstić information content (AvgIpc) is 1.56. The lowest BCUT2D eigenvalue weighted by Crippen LogP contribution is -2.37. The van der Waals surface area contributed by atoms with Crippen molar-refractivity contribution in [1.29, 1.82) is 0 Å². The van der Waals surface area contributed by atoms with Gasteiger partial charge in [0.25, 0.3) is 0 Å². The number of rotatable bonds is 82. The number of phosphoric ester groups is 1. The maximum absolute atomic E-state index is 12.9. The van der Waals surface area contributed by atoms with Gasteiger partial charge in [0.2, 0.25) is 0 Å². The number of carbonyl (C=O) groups is 2. The molecule has 1 N–H and O–H groups in total. The minimum Gasteiger partial charge on any atom is -0.462 e. The van der Waals surface area contributed by atoms with E-state index in [0.29, 0.717) is 17.4 Å². The predicted octanol–water partition coefficient (Wildman–Crippen LogP) is 28.4. The molecule has 0 aromatic heterocycles. The highest BCUT2D eigenvalue weighted by Crippen LogP contribution is 2.43. The normalized spacial score (nSPS) is 12.9. The van der Waals surface area contributed by atoms with Crippen LogP contribution in [0.4, 0.5) is 0 Å². The third-order valence-corrected chi connectivity index (χ3v) is 21.1. The molecule has 0 amide bonds. The highest BCUT2D eigenvalue weighted by atomic mass is 31.2. The number of quaternary nitrogens is 1. The Hall–Kier alpha value is -0.990. The van der Waals surface area contributed by atoms with E-state index in [1.165, 1.54) is 411 Å². The quantitative estimate of drug-likeness (QED) is 0.0278. The molecule has 0 aromatic rings. The average molecular weight is 1350 g/mol. The van der Waals surface area contributed by atoms with Gasteiger partial charge in [0.05, 0.1) is 27.7 Å². The molecule has 10 heteroatoms. The van der Waals surface area contributed by atoms with Crippen molar-refractivity contribution in [2.45, 2.75) is 482 Å². The van der Waals surface area contributed by atoms with Crippen molar-refractivity contribution < 1.29 is 42.1 Å². The molecular weight excluding hydrogens is 1180 g/mol. The number of phosphoric acid groups is 1. The van der Waals surface area contributed by atoms with Gasteiger partial charge in [-0.05, 0) is 12.8 Å². The largest absolute Gasteiger partial charge is 0.472 e. The third kappa shape index (κ3) is 80.0. The molecule has 0 saturated carbocycles. The Labute approximate surface area is 588 Å². The van der Waals surface area contributed by atoms with Crippen LogP contribution in [0.5, 0.6) is 0 Å². The molecule has 2 unspecified atom stereocenters. The Kier molecular flexibility index (Phi) is 75.4. The van der Waals surface area contributed by atoms with Gasteiger partial charge in [0.15, 0.2) is 6.10 Å². The zero-order valence-corrected chi connectivity index (χ0v) is 65.4. The summed E-state index contributed by atoms with van der Waals surface area (Å²) in [6.45, 7) is 4.55. The number of carbonyl (C=O) groups excluding carboxylic acids is 2. The topological polar surface area (TPSA) is 108 Å². The standard InChI is InChI=1S/C84H168NO8P/c1-6-8-10-12-14-16-18-20-22-24-26-28-30-32-34-36-38-40-41-42-43-45-47-49-51-53-55-57-59-61-63-65-67-69-71-73-75-77-84(87)93-82(81-92-94(88,89)91-79-78-85(3,4)5)80-90-83(86)76-74-72-70-68-66-64-62-60-58-56-54-52-50-48-46-44-39-37-35-33-31-29-27-25-23-21-19-17-15-13-11-9-7-2/h82H,6-81H2,1-5H3/p+1. The van der Waals surface area contributed by atoms with Gasteiger partial charge < -0.3 is 18.9 Å². The first kappa shape index (κ1) is 93.0. The fraction of sp³-hybridized carbons (Fsp3) is 0.976. The first-order valence-electron chi connectivity index (χ1n) is 42.8. The monoisotopic (exact) mass is 1350 g/mol. The number of ether oxygens (including phenoxy) is 2. The second kappa shape index (κ2) is 76.2. The highest BCUT2D eigenvalue weighted by molar-refractivity contribution is 7.47. The molecule has 0 saturated heterocycles. The molecule has 94 heavy (non-hydrogen) atoms. The summed E-state index contributed by atoms with van der Waals surface area (Å²) in [6.07, 6.45) is 95.8. The summed E-state index contributed by atoms with van der Waals surface area (Å²) in [4.78, 5) is 36.0. The minimum absolute atomic E-state index is 0.0379. The van der Waals surface area contributed by atoms with E-state index in [2.05, 4.69) is 13.8 Å². The van der Waals surface area contributed by atoms with Gasteiger partial charge in [-0.2, -0.15) is 0 Å². The van der Waals surface area contributed by atoms with Gasteiger partial charge in [-0.15, -0.1) is 0 Å². The summed E-state index contributed by atoms with van der Waals surface area (Å²) in [5.74, 6) is -0.763. The Bertz CT molecular complexity index is 1540. The SMILES string of the molecule is CCCCCCCCCCCCCCCCCCCCCCCCCCCCCCCCCCCCCCCC(=O)OC(COC(=O)CCCCCCCCCCCCCCCCCCCCCCCCCCCCCCCCCCC)COP(=O)(O)OCC[N+](C)(C)C. The maximum atomic E-state index is 12.9. The van der Waals surface area contributed by atoms with Crippen LogP contribution in [0, 0.1) is 0 Å². The Morgan fingerprint density at radius 2 is 0.479 bits per heavy atom. The second-order valence-electron chi connectivity index (χ2n) is 30.9. The van der Waals surface area contributed by atoms with Crippen LogP contribution in [0.3, 0.4) is 0 Å². The molecule has 9 nitrogen and oxygen atoms in total. The summed E-state index contributed by atoms with van der Waals surface area (Å²) >= 11 is 0. The molecule has 0 spiro atoms. The summed E-state index contributed by atoms with van der Waals surface area (Å²) in [6, 6.07) is 0. The molecule has 562 valence electrons. The van der Waals surface area contributed by atoms with Gasteiger partial charge in [-0.1, -0.05) is 450 Å². The van der Waals surface area contributed by atoms with E-state index in [1.807, 2.05) is 21.1 Å². The Morgan fingerprint density at radius 1 is 0.287 bits per heavy atom. The smallest absolute Gasteiger partial charge is 0.462 e. The molecule has 0 fully saturated rings. The molecule has 0 aliphatic carbocycles. The first-order chi connectivity index (χ1) is 46.0. The molecule has 0 rings (SSSR count). The van der Waals surface area contributed by atoms with Gasteiger partial charge in [-0.3, -0.25) is 18.6 Å². The van der Waals surface area contributed by atoms with E-state index in [4.69, 9.17) is 18.5 Å². The molecule has 0 bridgehead atoms. The fourth-order valence-corrected chi connectivity index (χ4v) is 14.4.